The van der Waals surface area contributed by atoms with Crippen LogP contribution in [0.15, 0.2) is 52.9 Å². The topological polar surface area (TPSA) is 111 Å². The normalized spacial score (nSPS) is 11.0. The molecule has 0 unspecified atom stereocenters. The lowest BCUT2D eigenvalue weighted by Crippen LogP contribution is -2.23. The van der Waals surface area contributed by atoms with E-state index in [2.05, 4.69) is 9.97 Å². The third-order valence-electron chi connectivity index (χ3n) is 5.15. The molecule has 0 radical (unpaired) electrons. The van der Waals surface area contributed by atoms with E-state index in [1.165, 1.54) is 52.3 Å². The molecule has 0 atom stereocenters. The van der Waals surface area contributed by atoms with Gasteiger partial charge < -0.3 is 0 Å². The SMILES string of the molecule is CC(=O)N(c1ccc(C)c(C)c1)c1nc(Cn2cnc3ccc([N+](=O)[O-])cc3c2=O)cs1. The number of nitrogens with zero attached hydrogens (tertiary/aromatic N) is 5. The first-order valence-corrected chi connectivity index (χ1v) is 10.6. The highest BCUT2D eigenvalue weighted by atomic mass is 32.1. The Kier molecular flexibility index (Phi) is 5.54. The summed E-state index contributed by atoms with van der Waals surface area (Å²) >= 11 is 1.29. The van der Waals surface area contributed by atoms with E-state index < -0.39 is 10.5 Å². The Morgan fingerprint density at radius 1 is 1.19 bits per heavy atom. The minimum atomic E-state index is -0.550. The Bertz CT molecular complexity index is 1430. The Morgan fingerprint density at radius 3 is 2.66 bits per heavy atom. The first-order valence-electron chi connectivity index (χ1n) is 9.70. The fourth-order valence-electron chi connectivity index (χ4n) is 3.31. The van der Waals surface area contributed by atoms with Gasteiger partial charge in [-0.05, 0) is 43.2 Å². The van der Waals surface area contributed by atoms with E-state index in [1.54, 1.807) is 5.38 Å². The van der Waals surface area contributed by atoms with Gasteiger partial charge in [-0.2, -0.15) is 0 Å². The minimum Gasteiger partial charge on any atom is -0.293 e. The van der Waals surface area contributed by atoms with Crippen LogP contribution in [0.4, 0.5) is 16.5 Å². The van der Waals surface area contributed by atoms with Crippen LogP contribution in [0.3, 0.4) is 0 Å². The summed E-state index contributed by atoms with van der Waals surface area (Å²) in [6, 6.07) is 9.75. The van der Waals surface area contributed by atoms with Crippen LogP contribution in [0.1, 0.15) is 23.7 Å². The van der Waals surface area contributed by atoms with Gasteiger partial charge in [0.25, 0.3) is 11.2 Å². The number of anilines is 2. The zero-order valence-electron chi connectivity index (χ0n) is 17.6. The van der Waals surface area contributed by atoms with Crippen molar-refractivity contribution in [2.75, 3.05) is 4.90 Å². The molecule has 162 valence electrons. The summed E-state index contributed by atoms with van der Waals surface area (Å²) in [5.41, 5.74) is 3.30. The van der Waals surface area contributed by atoms with Crippen molar-refractivity contribution in [3.8, 4) is 0 Å². The van der Waals surface area contributed by atoms with Gasteiger partial charge in [-0.25, -0.2) is 9.97 Å². The Morgan fingerprint density at radius 2 is 1.97 bits per heavy atom. The molecule has 4 rings (SSSR count). The van der Waals surface area contributed by atoms with Gasteiger partial charge in [0.2, 0.25) is 5.91 Å². The summed E-state index contributed by atoms with van der Waals surface area (Å²) in [6.45, 7) is 5.58. The maximum atomic E-state index is 12.9. The number of fused-ring (bicyclic) bond motifs is 1. The van der Waals surface area contributed by atoms with Gasteiger partial charge in [0.1, 0.15) is 0 Å². The van der Waals surface area contributed by atoms with Gasteiger partial charge in [-0.15, -0.1) is 11.3 Å². The number of carbonyl (C=O) groups excluding carboxylic acids is 1. The molecule has 1 amide bonds. The Balaban J connectivity index is 1.67. The summed E-state index contributed by atoms with van der Waals surface area (Å²) < 4.78 is 1.35. The van der Waals surface area contributed by atoms with Gasteiger partial charge in [-0.3, -0.25) is 29.2 Å². The smallest absolute Gasteiger partial charge is 0.270 e. The highest BCUT2D eigenvalue weighted by molar-refractivity contribution is 7.14. The fourth-order valence-corrected chi connectivity index (χ4v) is 4.19. The highest BCUT2D eigenvalue weighted by Crippen LogP contribution is 2.30. The van der Waals surface area contributed by atoms with Gasteiger partial charge in [0, 0.05) is 24.4 Å². The maximum absolute atomic E-state index is 12.9. The summed E-state index contributed by atoms with van der Waals surface area (Å²) in [6.07, 6.45) is 1.39. The van der Waals surface area contributed by atoms with Crippen LogP contribution in [0.25, 0.3) is 10.9 Å². The summed E-state index contributed by atoms with van der Waals surface area (Å²) in [5.74, 6) is -0.175. The number of nitro benzene ring substituents is 1. The summed E-state index contributed by atoms with van der Waals surface area (Å²) in [7, 11) is 0. The standard InChI is InChI=1S/C22H19N5O4S/c1-13-4-5-17(8-14(13)2)26(15(3)28)22-24-16(11-32-22)10-25-12-23-20-7-6-18(27(30)31)9-19(20)21(25)29/h4-9,11-12H,10H2,1-3H3. The minimum absolute atomic E-state index is 0.125. The molecule has 0 bridgehead atoms. The van der Waals surface area contributed by atoms with E-state index in [9.17, 15) is 19.7 Å². The molecule has 2 aromatic carbocycles. The van der Waals surface area contributed by atoms with Crippen LogP contribution in [0, 0.1) is 24.0 Å². The average Bonchev–Trinajstić information content (AvgIpc) is 3.20. The highest BCUT2D eigenvalue weighted by Gasteiger charge is 2.19. The van der Waals surface area contributed by atoms with Crippen LogP contribution in [0.2, 0.25) is 0 Å². The monoisotopic (exact) mass is 449 g/mol. The number of carbonyl (C=O) groups is 1. The Hall–Kier alpha value is -3.92. The van der Waals surface area contributed by atoms with Gasteiger partial charge in [0.05, 0.1) is 40.1 Å². The first-order chi connectivity index (χ1) is 15.2. The van der Waals surface area contributed by atoms with Crippen LogP contribution in [-0.2, 0) is 11.3 Å². The van der Waals surface area contributed by atoms with E-state index in [1.807, 2.05) is 32.0 Å². The molecule has 0 fully saturated rings. The molecule has 10 heteroatoms. The van der Waals surface area contributed by atoms with Crippen molar-refractivity contribution in [3.63, 3.8) is 0 Å². The number of thiazole rings is 1. The molecule has 0 aliphatic rings. The molecule has 0 saturated carbocycles. The number of aryl methyl sites for hydroxylation is 2. The van der Waals surface area contributed by atoms with Crippen LogP contribution >= 0.6 is 11.3 Å². The number of hydrogen-bond acceptors (Lipinski definition) is 7. The fraction of sp³-hybridized carbons (Fsp3) is 0.182. The van der Waals surface area contributed by atoms with E-state index >= 15 is 0 Å². The van der Waals surface area contributed by atoms with Gasteiger partial charge in [0.15, 0.2) is 5.13 Å². The molecule has 0 aliphatic heterocycles. The molecule has 32 heavy (non-hydrogen) atoms. The second-order valence-corrected chi connectivity index (χ2v) is 8.22. The zero-order valence-corrected chi connectivity index (χ0v) is 18.4. The third kappa shape index (κ3) is 4.00. The predicted molar refractivity (Wildman–Crippen MR) is 123 cm³/mol. The largest absolute Gasteiger partial charge is 0.293 e. The van der Waals surface area contributed by atoms with Crippen molar-refractivity contribution < 1.29 is 9.72 Å². The van der Waals surface area contributed by atoms with E-state index in [-0.39, 0.29) is 23.5 Å². The molecule has 2 aromatic heterocycles. The molecule has 0 N–H and O–H groups in total. The van der Waals surface area contributed by atoms with Crippen molar-refractivity contribution in [3.05, 3.63) is 85.4 Å². The van der Waals surface area contributed by atoms with Crippen LogP contribution in [-0.4, -0.2) is 25.4 Å². The number of non-ortho nitro benzene ring substituents is 1. The lowest BCUT2D eigenvalue weighted by Gasteiger charge is -2.19. The van der Waals surface area contributed by atoms with Crippen molar-refractivity contribution >= 4 is 44.7 Å². The maximum Gasteiger partial charge on any atom is 0.270 e. The molecular formula is C22H19N5O4S. The van der Waals surface area contributed by atoms with Crippen molar-refractivity contribution in [2.24, 2.45) is 0 Å². The molecule has 0 saturated heterocycles. The number of nitro groups is 1. The Labute approximate surface area is 186 Å². The number of benzene rings is 2. The van der Waals surface area contributed by atoms with Crippen molar-refractivity contribution in [2.45, 2.75) is 27.3 Å². The number of rotatable bonds is 5. The first kappa shape index (κ1) is 21.3. The quantitative estimate of drug-likeness (QED) is 0.335. The number of aromatic nitrogens is 3. The second-order valence-electron chi connectivity index (χ2n) is 7.38. The molecule has 0 spiro atoms. The lowest BCUT2D eigenvalue weighted by atomic mass is 10.1. The molecule has 9 nitrogen and oxygen atoms in total. The third-order valence-corrected chi connectivity index (χ3v) is 6.02. The molecule has 2 heterocycles. The molecule has 0 aliphatic carbocycles. The van der Waals surface area contributed by atoms with Gasteiger partial charge >= 0.3 is 0 Å². The summed E-state index contributed by atoms with van der Waals surface area (Å²) in [5, 5.41) is 13.5. The van der Waals surface area contributed by atoms with E-state index in [4.69, 9.17) is 0 Å². The van der Waals surface area contributed by atoms with Crippen LogP contribution in [0.5, 0.6) is 0 Å². The van der Waals surface area contributed by atoms with E-state index in [0.29, 0.717) is 16.3 Å². The molecular weight excluding hydrogens is 430 g/mol. The zero-order chi connectivity index (χ0) is 23.0. The van der Waals surface area contributed by atoms with E-state index in [0.717, 1.165) is 16.8 Å². The molecule has 4 aromatic rings. The predicted octanol–water partition coefficient (Wildman–Crippen LogP) is 4.11. The lowest BCUT2D eigenvalue weighted by molar-refractivity contribution is -0.384. The number of hydrogen-bond donors (Lipinski definition) is 0. The number of amides is 1. The van der Waals surface area contributed by atoms with Crippen LogP contribution < -0.4 is 10.5 Å². The van der Waals surface area contributed by atoms with Gasteiger partial charge in [-0.1, -0.05) is 6.07 Å². The second kappa shape index (κ2) is 8.31. The van der Waals surface area contributed by atoms with Crippen molar-refractivity contribution in [1.29, 1.82) is 0 Å². The summed E-state index contributed by atoms with van der Waals surface area (Å²) in [4.78, 5) is 46.0. The average molecular weight is 449 g/mol. The van der Waals surface area contributed by atoms with Crippen molar-refractivity contribution in [1.82, 2.24) is 14.5 Å².